The van der Waals surface area contributed by atoms with Crippen LogP contribution in [-0.2, 0) is 0 Å². The molecule has 1 aromatic rings. The quantitative estimate of drug-likeness (QED) is 0.628. The van der Waals surface area contributed by atoms with Crippen LogP contribution in [0.5, 0.6) is 0 Å². The van der Waals surface area contributed by atoms with Crippen LogP contribution in [0.3, 0.4) is 0 Å². The number of carbonyl (C=O) groups is 1. The number of quaternary nitrogens is 1. The monoisotopic (exact) mass is 338 g/mol. The first-order chi connectivity index (χ1) is 9.31. The summed E-state index contributed by atoms with van der Waals surface area (Å²) in [6.45, 7) is 4.63. The van der Waals surface area contributed by atoms with Crippen molar-refractivity contribution in [2.24, 2.45) is 10.9 Å². The first-order valence-corrected chi connectivity index (χ1v) is 7.17. The Hall–Kier alpha value is -0.820. The fraction of sp³-hybridized carbons (Fsp3) is 0.545. The largest absolute Gasteiger partial charge is 0.375 e. The van der Waals surface area contributed by atoms with Crippen LogP contribution in [0.1, 0.15) is 30.8 Å². The third-order valence-electron chi connectivity index (χ3n) is 3.53. The Labute approximate surface area is 132 Å². The average molecular weight is 340 g/mol. The summed E-state index contributed by atoms with van der Waals surface area (Å²) in [5, 5.41) is 0. The molecule has 1 aliphatic heterocycles. The second-order valence-electron chi connectivity index (χ2n) is 5.07. The van der Waals surface area contributed by atoms with Crippen molar-refractivity contribution in [3.8, 4) is 0 Å². The van der Waals surface area contributed by atoms with Gasteiger partial charge in [0, 0.05) is 41.2 Å². The zero-order valence-electron chi connectivity index (χ0n) is 11.3. The molecular formula is C11H15Cl3N5O+. The number of amides is 1. The van der Waals surface area contributed by atoms with Crippen molar-refractivity contribution < 1.29 is 9.28 Å². The number of rotatable bonds is 3. The highest BCUT2D eigenvalue weighted by Gasteiger charge is 2.49. The molecule has 2 heterocycles. The van der Waals surface area contributed by atoms with E-state index in [9.17, 15) is 4.79 Å². The van der Waals surface area contributed by atoms with E-state index in [1.165, 1.54) is 6.33 Å². The molecule has 0 saturated heterocycles. The summed E-state index contributed by atoms with van der Waals surface area (Å²) in [6, 6.07) is 0. The molecule has 1 aromatic heterocycles. The maximum absolute atomic E-state index is 12.7. The number of fused-ring (bicyclic) bond motifs is 1. The smallest absolute Gasteiger partial charge is 0.224 e. The van der Waals surface area contributed by atoms with Crippen molar-refractivity contribution in [3.63, 3.8) is 0 Å². The molecule has 1 aliphatic rings. The van der Waals surface area contributed by atoms with E-state index in [0.29, 0.717) is 12.5 Å². The van der Waals surface area contributed by atoms with Gasteiger partial charge in [-0.3, -0.25) is 0 Å². The SMILES string of the molecule is CCC(C)C[N+]1(C)C(=O)c2ncn(Cl)c2N=C1N(Cl)Cl. The Kier molecular flexibility index (Phi) is 4.30. The summed E-state index contributed by atoms with van der Waals surface area (Å²) in [4.78, 5) is 21.0. The number of nitrogens with zero attached hydrogens (tertiary/aromatic N) is 5. The normalized spacial score (nSPS) is 23.3. The highest BCUT2D eigenvalue weighted by Crippen LogP contribution is 2.33. The molecule has 2 atom stereocenters. The molecule has 0 fully saturated rings. The Morgan fingerprint density at radius 2 is 2.15 bits per heavy atom. The van der Waals surface area contributed by atoms with Gasteiger partial charge < -0.3 is 0 Å². The lowest BCUT2D eigenvalue weighted by atomic mass is 10.1. The van der Waals surface area contributed by atoms with Crippen molar-refractivity contribution in [3.05, 3.63) is 12.0 Å². The van der Waals surface area contributed by atoms with Crippen LogP contribution in [0.15, 0.2) is 11.3 Å². The molecule has 0 bridgehead atoms. The Morgan fingerprint density at radius 3 is 2.70 bits per heavy atom. The van der Waals surface area contributed by atoms with Crippen LogP contribution in [0, 0.1) is 5.92 Å². The summed E-state index contributed by atoms with van der Waals surface area (Å²) in [7, 11) is 1.72. The van der Waals surface area contributed by atoms with E-state index in [0.717, 1.165) is 14.4 Å². The summed E-state index contributed by atoms with van der Waals surface area (Å²) in [5.74, 6) is 0.532. The van der Waals surface area contributed by atoms with Gasteiger partial charge in [-0.25, -0.2) is 13.9 Å². The first kappa shape index (κ1) is 15.6. The van der Waals surface area contributed by atoms with Crippen LogP contribution in [0.4, 0.5) is 5.82 Å². The highest BCUT2D eigenvalue weighted by atomic mass is 35.5. The van der Waals surface area contributed by atoms with Crippen LogP contribution >= 0.6 is 35.3 Å². The van der Waals surface area contributed by atoms with Crippen LogP contribution in [0.2, 0.25) is 0 Å². The van der Waals surface area contributed by atoms with Crippen LogP contribution in [0.25, 0.3) is 0 Å². The molecule has 6 nitrogen and oxygen atoms in total. The minimum absolute atomic E-state index is 0.136. The predicted molar refractivity (Wildman–Crippen MR) is 79.0 cm³/mol. The third-order valence-corrected chi connectivity index (χ3v) is 4.08. The molecule has 2 unspecified atom stereocenters. The number of halogens is 3. The topological polar surface area (TPSA) is 50.5 Å². The average Bonchev–Trinajstić information content (AvgIpc) is 2.75. The number of aliphatic imine (C=N–C) groups is 1. The van der Waals surface area contributed by atoms with Gasteiger partial charge >= 0.3 is 11.9 Å². The predicted octanol–water partition coefficient (Wildman–Crippen LogP) is 3.13. The fourth-order valence-electron chi connectivity index (χ4n) is 2.22. The molecule has 0 radical (unpaired) electrons. The molecule has 0 saturated carbocycles. The Morgan fingerprint density at radius 1 is 1.50 bits per heavy atom. The van der Waals surface area contributed by atoms with E-state index < -0.39 is 0 Å². The lowest BCUT2D eigenvalue weighted by Gasteiger charge is -2.35. The molecule has 9 heteroatoms. The molecule has 2 rings (SSSR count). The fourth-order valence-corrected chi connectivity index (χ4v) is 2.80. The van der Waals surface area contributed by atoms with Crippen molar-refractivity contribution in [1.82, 2.24) is 13.0 Å². The van der Waals surface area contributed by atoms with E-state index >= 15 is 0 Å². The van der Waals surface area contributed by atoms with Crippen LogP contribution < -0.4 is 0 Å². The van der Waals surface area contributed by atoms with Gasteiger partial charge in [-0.2, -0.15) is 9.48 Å². The highest BCUT2D eigenvalue weighted by molar-refractivity contribution is 6.41. The van der Waals surface area contributed by atoms with E-state index in [-0.39, 0.29) is 27.9 Å². The molecule has 0 aromatic carbocycles. The van der Waals surface area contributed by atoms with E-state index in [4.69, 9.17) is 35.3 Å². The first-order valence-electron chi connectivity index (χ1n) is 6.16. The van der Waals surface area contributed by atoms with E-state index in [1.54, 1.807) is 7.05 Å². The van der Waals surface area contributed by atoms with Gasteiger partial charge in [0.25, 0.3) is 0 Å². The Balaban J connectivity index is 2.55. The standard InChI is InChI=1S/C11H15Cl3N5O/c1-4-7(2)5-19(3)10(20)8-9(17(12)6-15-8)16-11(19)18(13)14/h6-7H,4-5H2,1-3H3/q+1. The Bertz CT molecular complexity index is 570. The summed E-state index contributed by atoms with van der Waals surface area (Å²) in [5.41, 5.74) is 0.227. The second-order valence-corrected chi connectivity index (χ2v) is 6.28. The number of carbonyl (C=O) groups excluding carboxylic acids is 1. The van der Waals surface area contributed by atoms with Gasteiger partial charge in [0.1, 0.15) is 6.33 Å². The van der Waals surface area contributed by atoms with Gasteiger partial charge in [-0.05, 0) is 6.42 Å². The second kappa shape index (κ2) is 5.52. The summed E-state index contributed by atoms with van der Waals surface area (Å²) < 4.78 is 1.83. The van der Waals surface area contributed by atoms with Gasteiger partial charge in [-0.15, -0.1) is 3.94 Å². The maximum atomic E-state index is 12.7. The maximum Gasteiger partial charge on any atom is 0.375 e. The summed E-state index contributed by atoms with van der Waals surface area (Å²) in [6.07, 6.45) is 2.26. The molecule has 0 N–H and O–H groups in total. The molecule has 1 amide bonds. The number of hydrogen-bond acceptors (Lipinski definition) is 4. The lowest BCUT2D eigenvalue weighted by Crippen LogP contribution is -2.59. The molecule has 20 heavy (non-hydrogen) atoms. The molecule has 110 valence electrons. The number of aromatic nitrogens is 2. The zero-order valence-corrected chi connectivity index (χ0v) is 13.6. The molecule has 0 aliphatic carbocycles. The van der Waals surface area contributed by atoms with Gasteiger partial charge in [0.2, 0.25) is 5.69 Å². The molecule has 0 spiro atoms. The molecular weight excluding hydrogens is 325 g/mol. The van der Waals surface area contributed by atoms with Crippen molar-refractivity contribution in [2.75, 3.05) is 13.6 Å². The minimum Gasteiger partial charge on any atom is -0.224 e. The number of imidazole rings is 1. The van der Waals surface area contributed by atoms with E-state index in [2.05, 4.69) is 23.8 Å². The zero-order chi connectivity index (χ0) is 15.1. The van der Waals surface area contributed by atoms with E-state index in [1.807, 2.05) is 0 Å². The number of hydrogen-bond donors (Lipinski definition) is 0. The lowest BCUT2D eigenvalue weighted by molar-refractivity contribution is -0.743. The van der Waals surface area contributed by atoms with Crippen molar-refractivity contribution >= 4 is 53.0 Å². The number of guanidine groups is 1. The van der Waals surface area contributed by atoms with Crippen molar-refractivity contribution in [2.45, 2.75) is 20.3 Å². The van der Waals surface area contributed by atoms with Crippen molar-refractivity contribution in [1.29, 1.82) is 0 Å². The minimum atomic E-state index is -0.226. The summed E-state index contributed by atoms with van der Waals surface area (Å²) >= 11 is 17.6. The van der Waals surface area contributed by atoms with Gasteiger partial charge in [-0.1, -0.05) is 13.8 Å². The van der Waals surface area contributed by atoms with Gasteiger partial charge in [0.15, 0.2) is 5.82 Å². The van der Waals surface area contributed by atoms with Gasteiger partial charge in [0.05, 0.1) is 13.6 Å². The van der Waals surface area contributed by atoms with Crippen LogP contribution in [-0.4, -0.2) is 43.0 Å². The third kappa shape index (κ3) is 2.41.